The Hall–Kier alpha value is -3.28. The van der Waals surface area contributed by atoms with Crippen molar-refractivity contribution in [3.8, 4) is 0 Å². The van der Waals surface area contributed by atoms with Crippen molar-refractivity contribution in [1.29, 1.82) is 0 Å². The Bertz CT molecular complexity index is 822. The smallest absolute Gasteiger partial charge is 0.272 e. The van der Waals surface area contributed by atoms with Crippen LogP contribution in [0.1, 0.15) is 28.5 Å². The van der Waals surface area contributed by atoms with Gasteiger partial charge in [-0.2, -0.15) is 0 Å². The Morgan fingerprint density at radius 3 is 2.38 bits per heavy atom. The van der Waals surface area contributed by atoms with E-state index in [0.717, 1.165) is 24.5 Å². The standard InChI is InChI=1S/C20H21N5O/c1-2-25(15-17-6-4-3-5-7-17)19-9-8-18(23-24-19)20(26)22-14-16-10-12-21-13-11-16/h3-13H,2,14-15H2,1H3,(H,22,26). The lowest BCUT2D eigenvalue weighted by Gasteiger charge is -2.21. The predicted molar refractivity (Wildman–Crippen MR) is 101 cm³/mol. The topological polar surface area (TPSA) is 71.0 Å². The van der Waals surface area contributed by atoms with Crippen molar-refractivity contribution in [2.45, 2.75) is 20.0 Å². The maximum absolute atomic E-state index is 12.2. The van der Waals surface area contributed by atoms with E-state index >= 15 is 0 Å². The van der Waals surface area contributed by atoms with Crippen molar-refractivity contribution in [1.82, 2.24) is 20.5 Å². The number of carbonyl (C=O) groups excluding carboxylic acids is 1. The van der Waals surface area contributed by atoms with Gasteiger partial charge in [-0.15, -0.1) is 10.2 Å². The Kier molecular flexibility index (Phi) is 5.88. The van der Waals surface area contributed by atoms with Crippen LogP contribution in [0.15, 0.2) is 67.0 Å². The summed E-state index contributed by atoms with van der Waals surface area (Å²) < 4.78 is 0. The van der Waals surface area contributed by atoms with Crippen LogP contribution in [0.2, 0.25) is 0 Å². The third kappa shape index (κ3) is 4.63. The van der Waals surface area contributed by atoms with E-state index < -0.39 is 0 Å². The fourth-order valence-corrected chi connectivity index (χ4v) is 2.55. The minimum absolute atomic E-state index is 0.244. The zero-order valence-electron chi connectivity index (χ0n) is 14.7. The lowest BCUT2D eigenvalue weighted by molar-refractivity contribution is 0.0945. The molecule has 3 aromatic rings. The molecule has 0 aliphatic rings. The van der Waals surface area contributed by atoms with E-state index in [1.165, 1.54) is 5.56 Å². The van der Waals surface area contributed by atoms with Gasteiger partial charge >= 0.3 is 0 Å². The first-order valence-electron chi connectivity index (χ1n) is 8.56. The van der Waals surface area contributed by atoms with Crippen LogP contribution in [0.4, 0.5) is 5.82 Å². The summed E-state index contributed by atoms with van der Waals surface area (Å²) in [6.45, 7) is 4.05. The number of anilines is 1. The largest absolute Gasteiger partial charge is 0.351 e. The van der Waals surface area contributed by atoms with Gasteiger partial charge in [0.15, 0.2) is 11.5 Å². The molecule has 0 fully saturated rings. The van der Waals surface area contributed by atoms with Crippen LogP contribution in [0.25, 0.3) is 0 Å². The summed E-state index contributed by atoms with van der Waals surface area (Å²) in [5.74, 6) is 0.508. The Labute approximate surface area is 152 Å². The van der Waals surface area contributed by atoms with Gasteiger partial charge in [0.05, 0.1) is 0 Å². The molecule has 0 saturated carbocycles. The van der Waals surface area contributed by atoms with Crippen molar-refractivity contribution < 1.29 is 4.79 Å². The van der Waals surface area contributed by atoms with E-state index in [1.807, 2.05) is 36.4 Å². The minimum Gasteiger partial charge on any atom is -0.351 e. The summed E-state index contributed by atoms with van der Waals surface area (Å²) in [6.07, 6.45) is 3.39. The van der Waals surface area contributed by atoms with Crippen LogP contribution in [0, 0.1) is 0 Å². The van der Waals surface area contributed by atoms with Crippen molar-refractivity contribution in [2.24, 2.45) is 0 Å². The minimum atomic E-state index is -0.244. The molecule has 0 radical (unpaired) electrons. The van der Waals surface area contributed by atoms with Crippen LogP contribution in [-0.4, -0.2) is 27.6 Å². The first kappa shape index (κ1) is 17.5. The lowest BCUT2D eigenvalue weighted by atomic mass is 10.2. The molecule has 0 aliphatic carbocycles. The molecule has 26 heavy (non-hydrogen) atoms. The number of pyridine rings is 1. The summed E-state index contributed by atoms with van der Waals surface area (Å²) in [6, 6.07) is 17.5. The summed E-state index contributed by atoms with van der Waals surface area (Å²) in [5, 5.41) is 11.1. The van der Waals surface area contributed by atoms with Gasteiger partial charge in [-0.05, 0) is 42.3 Å². The molecule has 3 rings (SSSR count). The van der Waals surface area contributed by atoms with Crippen LogP contribution in [-0.2, 0) is 13.1 Å². The van der Waals surface area contributed by atoms with E-state index in [-0.39, 0.29) is 5.91 Å². The highest BCUT2D eigenvalue weighted by Gasteiger charge is 2.11. The Morgan fingerprint density at radius 2 is 1.73 bits per heavy atom. The normalized spacial score (nSPS) is 10.3. The molecule has 2 heterocycles. The number of hydrogen-bond donors (Lipinski definition) is 1. The molecule has 6 heteroatoms. The van der Waals surface area contributed by atoms with Crippen LogP contribution in [0.3, 0.4) is 0 Å². The SMILES string of the molecule is CCN(Cc1ccccc1)c1ccc(C(=O)NCc2ccncc2)nn1. The summed E-state index contributed by atoms with van der Waals surface area (Å²) in [7, 11) is 0. The van der Waals surface area contributed by atoms with Gasteiger partial charge in [-0.1, -0.05) is 30.3 Å². The first-order chi connectivity index (χ1) is 12.8. The Balaban J connectivity index is 1.62. The number of aromatic nitrogens is 3. The summed E-state index contributed by atoms with van der Waals surface area (Å²) >= 11 is 0. The molecular formula is C20H21N5O. The van der Waals surface area contributed by atoms with E-state index in [0.29, 0.717) is 12.2 Å². The summed E-state index contributed by atoms with van der Waals surface area (Å²) in [4.78, 5) is 18.3. The third-order valence-corrected chi connectivity index (χ3v) is 4.01. The Morgan fingerprint density at radius 1 is 0.962 bits per heavy atom. The van der Waals surface area contributed by atoms with Crippen molar-refractivity contribution >= 4 is 11.7 Å². The molecule has 0 bridgehead atoms. The van der Waals surface area contributed by atoms with E-state index in [2.05, 4.69) is 44.5 Å². The zero-order valence-corrected chi connectivity index (χ0v) is 14.7. The molecule has 6 nitrogen and oxygen atoms in total. The molecule has 0 spiro atoms. The molecule has 0 atom stereocenters. The van der Waals surface area contributed by atoms with Gasteiger partial charge in [0.2, 0.25) is 0 Å². The number of rotatable bonds is 7. The fraction of sp³-hybridized carbons (Fsp3) is 0.200. The maximum atomic E-state index is 12.2. The second kappa shape index (κ2) is 8.71. The molecule has 132 valence electrons. The zero-order chi connectivity index (χ0) is 18.2. The number of hydrogen-bond acceptors (Lipinski definition) is 5. The van der Waals surface area contributed by atoms with Crippen molar-refractivity contribution in [2.75, 3.05) is 11.4 Å². The molecule has 0 unspecified atom stereocenters. The van der Waals surface area contributed by atoms with E-state index in [4.69, 9.17) is 0 Å². The summed E-state index contributed by atoms with van der Waals surface area (Å²) in [5.41, 5.74) is 2.49. The number of benzene rings is 1. The highest BCUT2D eigenvalue weighted by atomic mass is 16.1. The second-order valence-electron chi connectivity index (χ2n) is 5.81. The van der Waals surface area contributed by atoms with Crippen LogP contribution in [0.5, 0.6) is 0 Å². The second-order valence-corrected chi connectivity index (χ2v) is 5.81. The van der Waals surface area contributed by atoms with Crippen molar-refractivity contribution in [3.63, 3.8) is 0 Å². The van der Waals surface area contributed by atoms with Gasteiger partial charge in [0, 0.05) is 32.0 Å². The molecule has 0 saturated heterocycles. The monoisotopic (exact) mass is 347 g/mol. The van der Waals surface area contributed by atoms with E-state index in [9.17, 15) is 4.79 Å². The predicted octanol–water partition coefficient (Wildman–Crippen LogP) is 2.83. The number of carbonyl (C=O) groups is 1. The van der Waals surface area contributed by atoms with Crippen LogP contribution >= 0.6 is 0 Å². The molecule has 0 aliphatic heterocycles. The van der Waals surface area contributed by atoms with Crippen LogP contribution < -0.4 is 10.2 Å². The molecule has 1 aromatic carbocycles. The first-order valence-corrected chi connectivity index (χ1v) is 8.56. The molecule has 2 aromatic heterocycles. The number of nitrogens with zero attached hydrogens (tertiary/aromatic N) is 4. The van der Waals surface area contributed by atoms with Gasteiger partial charge in [-0.25, -0.2) is 0 Å². The van der Waals surface area contributed by atoms with Gasteiger partial charge in [0.1, 0.15) is 0 Å². The van der Waals surface area contributed by atoms with Gasteiger partial charge < -0.3 is 10.2 Å². The number of amides is 1. The van der Waals surface area contributed by atoms with Gasteiger partial charge in [0.25, 0.3) is 5.91 Å². The van der Waals surface area contributed by atoms with Crippen molar-refractivity contribution in [3.05, 3.63) is 83.8 Å². The maximum Gasteiger partial charge on any atom is 0.272 e. The van der Waals surface area contributed by atoms with Gasteiger partial charge in [-0.3, -0.25) is 9.78 Å². The lowest BCUT2D eigenvalue weighted by Crippen LogP contribution is -2.26. The highest BCUT2D eigenvalue weighted by Crippen LogP contribution is 2.13. The molecular weight excluding hydrogens is 326 g/mol. The average Bonchev–Trinajstić information content (AvgIpc) is 2.72. The van der Waals surface area contributed by atoms with E-state index in [1.54, 1.807) is 18.5 Å². The molecule has 1 amide bonds. The number of nitrogens with one attached hydrogen (secondary N) is 1. The third-order valence-electron chi connectivity index (χ3n) is 4.01. The average molecular weight is 347 g/mol. The highest BCUT2D eigenvalue weighted by molar-refractivity contribution is 5.92. The fourth-order valence-electron chi connectivity index (χ4n) is 2.55. The quantitative estimate of drug-likeness (QED) is 0.712. The molecule has 1 N–H and O–H groups in total.